The summed E-state index contributed by atoms with van der Waals surface area (Å²) in [5, 5.41) is 5.30. The van der Waals surface area contributed by atoms with Gasteiger partial charge in [0.05, 0.1) is 23.5 Å². The highest BCUT2D eigenvalue weighted by atomic mass is 35.5. The van der Waals surface area contributed by atoms with E-state index < -0.39 is 0 Å². The number of fused-ring (bicyclic) bond motifs is 1. The van der Waals surface area contributed by atoms with Gasteiger partial charge in [0.1, 0.15) is 10.8 Å². The molecular weight excluding hydrogens is 311 g/mol. The molecule has 1 aromatic heterocycles. The van der Waals surface area contributed by atoms with Crippen molar-refractivity contribution in [2.24, 2.45) is 5.10 Å². The van der Waals surface area contributed by atoms with Crippen molar-refractivity contribution < 1.29 is 4.74 Å². The SMILES string of the molecule is Clc1ccc2c(c1Cl)OCCC/C2=N/Nc1cnccn1. The first-order valence-corrected chi connectivity index (χ1v) is 7.21. The second-order valence-corrected chi connectivity index (χ2v) is 5.24. The Hall–Kier alpha value is -1.85. The zero-order chi connectivity index (χ0) is 14.7. The summed E-state index contributed by atoms with van der Waals surface area (Å²) in [6, 6.07) is 3.61. The number of ether oxygens (including phenoxy) is 1. The van der Waals surface area contributed by atoms with Crippen LogP contribution in [-0.4, -0.2) is 22.3 Å². The lowest BCUT2D eigenvalue weighted by Gasteiger charge is -2.11. The summed E-state index contributed by atoms with van der Waals surface area (Å²) in [5.41, 5.74) is 4.60. The summed E-state index contributed by atoms with van der Waals surface area (Å²) in [7, 11) is 0. The molecule has 1 aliphatic rings. The zero-order valence-electron chi connectivity index (χ0n) is 11.0. The van der Waals surface area contributed by atoms with Gasteiger partial charge in [-0.3, -0.25) is 10.4 Å². The topological polar surface area (TPSA) is 59.4 Å². The molecule has 1 N–H and O–H groups in total. The predicted octanol–water partition coefficient (Wildman–Crippen LogP) is 3.77. The predicted molar refractivity (Wildman–Crippen MR) is 83.4 cm³/mol. The number of halogens is 2. The summed E-state index contributed by atoms with van der Waals surface area (Å²) >= 11 is 12.2. The minimum absolute atomic E-state index is 0.420. The lowest BCUT2D eigenvalue weighted by Crippen LogP contribution is -2.05. The van der Waals surface area contributed by atoms with E-state index in [2.05, 4.69) is 20.5 Å². The molecule has 2 heterocycles. The van der Waals surface area contributed by atoms with E-state index in [9.17, 15) is 0 Å². The van der Waals surface area contributed by atoms with Crippen molar-refractivity contribution in [1.29, 1.82) is 0 Å². The molecule has 2 aromatic rings. The maximum absolute atomic E-state index is 6.21. The van der Waals surface area contributed by atoms with Crippen LogP contribution >= 0.6 is 23.2 Å². The lowest BCUT2D eigenvalue weighted by molar-refractivity contribution is 0.318. The molecular formula is C14H12Cl2N4O. The number of benzene rings is 1. The zero-order valence-corrected chi connectivity index (χ0v) is 12.5. The fourth-order valence-corrected chi connectivity index (χ4v) is 2.41. The van der Waals surface area contributed by atoms with E-state index in [0.29, 0.717) is 28.2 Å². The van der Waals surface area contributed by atoms with E-state index in [0.717, 1.165) is 24.1 Å². The van der Waals surface area contributed by atoms with Gasteiger partial charge in [-0.15, -0.1) is 0 Å². The normalized spacial score (nSPS) is 16.0. The first-order chi connectivity index (χ1) is 10.3. The van der Waals surface area contributed by atoms with E-state index in [4.69, 9.17) is 27.9 Å². The number of anilines is 1. The van der Waals surface area contributed by atoms with Crippen LogP contribution in [0.3, 0.4) is 0 Å². The molecule has 0 saturated carbocycles. The molecule has 0 spiro atoms. The highest BCUT2D eigenvalue weighted by molar-refractivity contribution is 6.43. The number of rotatable bonds is 2. The molecule has 0 unspecified atom stereocenters. The third kappa shape index (κ3) is 3.09. The Bertz CT molecular complexity index is 676. The van der Waals surface area contributed by atoms with Crippen LogP contribution in [0.5, 0.6) is 5.75 Å². The molecule has 1 aromatic carbocycles. The van der Waals surface area contributed by atoms with E-state index in [1.165, 1.54) is 0 Å². The quantitative estimate of drug-likeness (QED) is 0.855. The van der Waals surface area contributed by atoms with Crippen molar-refractivity contribution in [3.05, 3.63) is 46.3 Å². The van der Waals surface area contributed by atoms with Gasteiger partial charge < -0.3 is 4.74 Å². The second-order valence-electron chi connectivity index (χ2n) is 4.45. The third-order valence-corrected chi connectivity index (χ3v) is 3.82. The van der Waals surface area contributed by atoms with Crippen molar-refractivity contribution in [2.45, 2.75) is 12.8 Å². The van der Waals surface area contributed by atoms with Gasteiger partial charge in [0.15, 0.2) is 5.82 Å². The number of nitrogens with zero attached hydrogens (tertiary/aromatic N) is 3. The van der Waals surface area contributed by atoms with Crippen LogP contribution < -0.4 is 10.2 Å². The van der Waals surface area contributed by atoms with Gasteiger partial charge in [-0.2, -0.15) is 5.10 Å². The molecule has 0 saturated heterocycles. The van der Waals surface area contributed by atoms with Crippen molar-refractivity contribution in [1.82, 2.24) is 9.97 Å². The number of nitrogens with one attached hydrogen (secondary N) is 1. The van der Waals surface area contributed by atoms with Crippen molar-refractivity contribution in [3.8, 4) is 5.75 Å². The molecule has 0 amide bonds. The Morgan fingerprint density at radius 2 is 2.14 bits per heavy atom. The molecule has 108 valence electrons. The molecule has 7 heteroatoms. The Morgan fingerprint density at radius 1 is 1.24 bits per heavy atom. The van der Waals surface area contributed by atoms with Crippen molar-refractivity contribution in [3.63, 3.8) is 0 Å². The second kappa shape index (κ2) is 6.28. The van der Waals surface area contributed by atoms with E-state index >= 15 is 0 Å². The Labute approximate surface area is 132 Å². The van der Waals surface area contributed by atoms with Gasteiger partial charge in [-0.25, -0.2) is 4.98 Å². The Balaban J connectivity index is 1.95. The standard InChI is InChI=1S/C14H12Cl2N4O/c15-10-4-3-9-11(2-1-7-21-14(9)13(10)16)19-20-12-8-17-5-6-18-12/h3-6,8H,1-2,7H2,(H,18,20)/b19-11-. The molecule has 21 heavy (non-hydrogen) atoms. The largest absolute Gasteiger partial charge is 0.491 e. The fourth-order valence-electron chi connectivity index (χ4n) is 2.05. The fraction of sp³-hybridized carbons (Fsp3) is 0.214. The first kappa shape index (κ1) is 14.1. The maximum Gasteiger partial charge on any atom is 0.164 e. The number of hydrogen-bond donors (Lipinski definition) is 1. The monoisotopic (exact) mass is 322 g/mol. The van der Waals surface area contributed by atoms with E-state index in [1.807, 2.05) is 6.07 Å². The molecule has 0 bridgehead atoms. The van der Waals surface area contributed by atoms with E-state index in [1.54, 1.807) is 24.7 Å². The van der Waals surface area contributed by atoms with Gasteiger partial charge in [0.2, 0.25) is 0 Å². The van der Waals surface area contributed by atoms with Crippen molar-refractivity contribution in [2.75, 3.05) is 12.0 Å². The molecule has 0 aliphatic carbocycles. The van der Waals surface area contributed by atoms with Gasteiger partial charge in [-0.05, 0) is 25.0 Å². The minimum Gasteiger partial charge on any atom is -0.491 e. The van der Waals surface area contributed by atoms with Crippen LogP contribution in [0.25, 0.3) is 0 Å². The van der Waals surface area contributed by atoms with Crippen LogP contribution in [0.15, 0.2) is 35.8 Å². The number of hydrogen-bond acceptors (Lipinski definition) is 5. The van der Waals surface area contributed by atoms with Gasteiger partial charge in [0.25, 0.3) is 0 Å². The Kier molecular flexibility index (Phi) is 4.22. The molecule has 0 radical (unpaired) electrons. The van der Waals surface area contributed by atoms with Crippen LogP contribution in [0.1, 0.15) is 18.4 Å². The van der Waals surface area contributed by atoms with Gasteiger partial charge in [-0.1, -0.05) is 23.2 Å². The lowest BCUT2D eigenvalue weighted by atomic mass is 10.1. The van der Waals surface area contributed by atoms with Crippen LogP contribution in [0, 0.1) is 0 Å². The van der Waals surface area contributed by atoms with Gasteiger partial charge in [0, 0.05) is 18.0 Å². The average molecular weight is 323 g/mol. The average Bonchev–Trinajstić information content (AvgIpc) is 2.72. The summed E-state index contributed by atoms with van der Waals surface area (Å²) in [6.45, 7) is 0.581. The summed E-state index contributed by atoms with van der Waals surface area (Å²) < 4.78 is 5.69. The number of aromatic nitrogens is 2. The summed E-state index contributed by atoms with van der Waals surface area (Å²) in [4.78, 5) is 8.09. The molecule has 0 atom stereocenters. The van der Waals surface area contributed by atoms with Crippen LogP contribution in [0.2, 0.25) is 10.0 Å². The van der Waals surface area contributed by atoms with Crippen molar-refractivity contribution >= 4 is 34.7 Å². The molecule has 1 aliphatic heterocycles. The van der Waals surface area contributed by atoms with Crippen LogP contribution in [0.4, 0.5) is 5.82 Å². The highest BCUT2D eigenvalue weighted by Gasteiger charge is 2.19. The molecule has 0 fully saturated rings. The minimum atomic E-state index is 0.420. The van der Waals surface area contributed by atoms with Gasteiger partial charge >= 0.3 is 0 Å². The van der Waals surface area contributed by atoms with Crippen LogP contribution in [-0.2, 0) is 0 Å². The first-order valence-electron chi connectivity index (χ1n) is 6.45. The maximum atomic E-state index is 6.21. The molecule has 3 rings (SSSR count). The summed E-state index contributed by atoms with van der Waals surface area (Å²) in [6.07, 6.45) is 6.44. The molecule has 5 nitrogen and oxygen atoms in total. The third-order valence-electron chi connectivity index (χ3n) is 3.03. The Morgan fingerprint density at radius 3 is 2.95 bits per heavy atom. The van der Waals surface area contributed by atoms with E-state index in [-0.39, 0.29) is 0 Å². The number of hydrazone groups is 1. The highest BCUT2D eigenvalue weighted by Crippen LogP contribution is 2.37. The smallest absolute Gasteiger partial charge is 0.164 e. The summed E-state index contributed by atoms with van der Waals surface area (Å²) in [5.74, 6) is 1.16.